The Morgan fingerprint density at radius 2 is 1.58 bits per heavy atom. The van der Waals surface area contributed by atoms with Crippen LogP contribution in [0.3, 0.4) is 0 Å². The second-order valence-electron chi connectivity index (χ2n) is 14.4. The topological polar surface area (TPSA) is 100 Å². The van der Waals surface area contributed by atoms with E-state index in [9.17, 15) is 9.90 Å². The Morgan fingerprint density at radius 3 is 2.38 bits per heavy atom. The highest BCUT2D eigenvalue weighted by atomic mass is 16.7. The first-order valence-electron chi connectivity index (χ1n) is 18.7. The van der Waals surface area contributed by atoms with Crippen LogP contribution in [-0.2, 0) is 22.6 Å². The number of amides is 1. The van der Waals surface area contributed by atoms with Crippen LogP contribution >= 0.6 is 0 Å². The summed E-state index contributed by atoms with van der Waals surface area (Å²) >= 11 is 0. The molecule has 5 aromatic rings. The maximum absolute atomic E-state index is 12.9. The number of aromatic nitrogens is 2. The third-order valence-electron chi connectivity index (χ3n) is 10.8. The van der Waals surface area contributed by atoms with Crippen LogP contribution in [-0.4, -0.2) is 75.7 Å². The summed E-state index contributed by atoms with van der Waals surface area (Å²) < 4.78 is 13.4. The Hall–Kier alpha value is -4.51. The van der Waals surface area contributed by atoms with Crippen molar-refractivity contribution in [3.8, 4) is 11.1 Å². The highest BCUT2D eigenvalue weighted by Crippen LogP contribution is 2.39. The fourth-order valence-corrected chi connectivity index (χ4v) is 7.93. The molecular formula is C43H47N5O4. The summed E-state index contributed by atoms with van der Waals surface area (Å²) in [4.78, 5) is 27.0. The molecule has 3 fully saturated rings. The molecule has 3 saturated heterocycles. The largest absolute Gasteiger partial charge is 0.392 e. The van der Waals surface area contributed by atoms with E-state index in [-0.39, 0.29) is 24.7 Å². The van der Waals surface area contributed by atoms with Gasteiger partial charge in [-0.15, -0.1) is 0 Å². The lowest BCUT2D eigenvalue weighted by Gasteiger charge is -2.39. The van der Waals surface area contributed by atoms with Crippen molar-refractivity contribution in [2.24, 2.45) is 0 Å². The zero-order valence-electron chi connectivity index (χ0n) is 29.6. The van der Waals surface area contributed by atoms with Crippen molar-refractivity contribution in [3.63, 3.8) is 0 Å². The van der Waals surface area contributed by atoms with Gasteiger partial charge in [0.25, 0.3) is 5.91 Å². The Bertz CT molecular complexity index is 1960. The number of para-hydroxylation sites is 2. The summed E-state index contributed by atoms with van der Waals surface area (Å²) in [5, 5.41) is 12.6. The molecule has 4 atom stereocenters. The van der Waals surface area contributed by atoms with Gasteiger partial charge in [0, 0.05) is 37.7 Å². The number of benzene rings is 4. The third kappa shape index (κ3) is 8.09. The van der Waals surface area contributed by atoms with Crippen molar-refractivity contribution >= 4 is 16.9 Å². The Labute approximate surface area is 305 Å². The quantitative estimate of drug-likeness (QED) is 0.155. The van der Waals surface area contributed by atoms with Crippen LogP contribution < -0.4 is 5.32 Å². The smallest absolute Gasteiger partial charge is 0.271 e. The number of aliphatic hydroxyl groups excluding tert-OH is 1. The number of carbonyl (C=O) groups is 1. The molecule has 0 spiro atoms. The first-order valence-corrected chi connectivity index (χ1v) is 18.7. The number of aliphatic hydroxyl groups is 1. The van der Waals surface area contributed by atoms with E-state index in [4.69, 9.17) is 9.47 Å². The fourth-order valence-electron chi connectivity index (χ4n) is 7.93. The number of hydrogen-bond donors (Lipinski definition) is 2. The fraction of sp³-hybridized carbons (Fsp3) is 0.372. The normalized spacial score (nSPS) is 22.6. The van der Waals surface area contributed by atoms with Crippen LogP contribution in [0.5, 0.6) is 0 Å². The van der Waals surface area contributed by atoms with Crippen LogP contribution in [0.4, 0.5) is 0 Å². The number of rotatable bonds is 11. The molecule has 9 heteroatoms. The summed E-state index contributed by atoms with van der Waals surface area (Å²) in [6.45, 7) is 6.04. The highest BCUT2D eigenvalue weighted by molar-refractivity contribution is 5.93. The molecule has 268 valence electrons. The Morgan fingerprint density at radius 1 is 0.788 bits per heavy atom. The van der Waals surface area contributed by atoms with Crippen LogP contribution in [0.15, 0.2) is 103 Å². The van der Waals surface area contributed by atoms with E-state index >= 15 is 0 Å². The number of ether oxygens (including phenoxy) is 2. The predicted molar refractivity (Wildman–Crippen MR) is 201 cm³/mol. The highest BCUT2D eigenvalue weighted by Gasteiger charge is 2.36. The molecule has 0 saturated carbocycles. The molecule has 3 aliphatic rings. The number of likely N-dealkylation sites (tertiary alicyclic amines) is 2. The summed E-state index contributed by atoms with van der Waals surface area (Å²) in [5.41, 5.74) is 7.87. The zero-order chi connectivity index (χ0) is 35.3. The molecule has 3 aliphatic heterocycles. The molecule has 52 heavy (non-hydrogen) atoms. The minimum atomic E-state index is -0.491. The standard InChI is InChI=1S/C43H47N5O4/c49-29-30-12-14-33(15-13-30)41-24-37(28-48-22-6-9-36(48)27-47-20-3-4-21-47)51-43(52-41)34-18-16-32(17-19-34)35-8-5-7-31(23-35)25-45-42(50)40-26-44-38-10-1-2-11-39(38)46-40/h1-2,5,7-8,10-19,23,26,36-37,41,43,49H,3-4,6,9,20-22,24-25,27-29H2,(H,45,50)/t36-,37-,41+,43+/m0/s1. The molecular weight excluding hydrogens is 651 g/mol. The maximum Gasteiger partial charge on any atom is 0.271 e. The number of nitrogens with zero attached hydrogens (tertiary/aromatic N) is 4. The van der Waals surface area contributed by atoms with Crippen LogP contribution in [0.25, 0.3) is 22.2 Å². The molecule has 0 bridgehead atoms. The summed E-state index contributed by atoms with van der Waals surface area (Å²) in [6.07, 6.45) is 6.88. The van der Waals surface area contributed by atoms with Crippen molar-refractivity contribution in [3.05, 3.63) is 131 Å². The summed E-state index contributed by atoms with van der Waals surface area (Å²) in [5.74, 6) is -0.256. The van der Waals surface area contributed by atoms with Crippen LogP contribution in [0.2, 0.25) is 0 Å². The lowest BCUT2D eigenvalue weighted by atomic mass is 9.98. The van der Waals surface area contributed by atoms with E-state index in [0.717, 1.165) is 65.0 Å². The van der Waals surface area contributed by atoms with Gasteiger partial charge >= 0.3 is 0 Å². The van der Waals surface area contributed by atoms with Crippen LogP contribution in [0, 0.1) is 0 Å². The second-order valence-corrected chi connectivity index (χ2v) is 14.4. The number of carbonyl (C=O) groups excluding carboxylic acids is 1. The molecule has 0 radical (unpaired) electrons. The Balaban J connectivity index is 0.950. The lowest BCUT2D eigenvalue weighted by Crippen LogP contribution is -2.45. The van der Waals surface area contributed by atoms with Gasteiger partial charge in [-0.1, -0.05) is 78.9 Å². The molecule has 9 nitrogen and oxygen atoms in total. The molecule has 1 aromatic heterocycles. The van der Waals surface area contributed by atoms with E-state index in [2.05, 4.69) is 73.6 Å². The van der Waals surface area contributed by atoms with Crippen molar-refractivity contribution < 1.29 is 19.4 Å². The van der Waals surface area contributed by atoms with Gasteiger partial charge in [-0.25, -0.2) is 4.98 Å². The van der Waals surface area contributed by atoms with Crippen LogP contribution in [0.1, 0.15) is 77.2 Å². The summed E-state index contributed by atoms with van der Waals surface area (Å²) in [6, 6.07) is 32.9. The number of nitrogens with one attached hydrogen (secondary N) is 1. The van der Waals surface area contributed by atoms with E-state index < -0.39 is 6.29 Å². The molecule has 2 N–H and O–H groups in total. The second kappa shape index (κ2) is 16.0. The average Bonchev–Trinajstić information content (AvgIpc) is 3.89. The number of fused-ring (bicyclic) bond motifs is 1. The number of hydrogen-bond acceptors (Lipinski definition) is 8. The van der Waals surface area contributed by atoms with Gasteiger partial charge in [-0.3, -0.25) is 14.7 Å². The van der Waals surface area contributed by atoms with Gasteiger partial charge in [0.15, 0.2) is 6.29 Å². The first kappa shape index (κ1) is 34.6. The lowest BCUT2D eigenvalue weighted by molar-refractivity contribution is -0.253. The van der Waals surface area contributed by atoms with Gasteiger partial charge in [0.2, 0.25) is 0 Å². The molecule has 0 aliphatic carbocycles. The van der Waals surface area contributed by atoms with E-state index in [1.54, 1.807) is 0 Å². The van der Waals surface area contributed by atoms with E-state index in [0.29, 0.717) is 23.8 Å². The maximum atomic E-state index is 12.9. The van der Waals surface area contributed by atoms with Crippen molar-refractivity contribution in [1.82, 2.24) is 25.1 Å². The van der Waals surface area contributed by atoms with E-state index in [1.807, 2.05) is 48.5 Å². The van der Waals surface area contributed by atoms with Crippen molar-refractivity contribution in [1.29, 1.82) is 0 Å². The third-order valence-corrected chi connectivity index (χ3v) is 10.8. The summed E-state index contributed by atoms with van der Waals surface area (Å²) in [7, 11) is 0. The zero-order valence-corrected chi connectivity index (χ0v) is 29.6. The minimum absolute atomic E-state index is 0.0257. The Kier molecular flexibility index (Phi) is 10.7. The van der Waals surface area contributed by atoms with Gasteiger partial charge < -0.3 is 24.8 Å². The minimum Gasteiger partial charge on any atom is -0.392 e. The van der Waals surface area contributed by atoms with Crippen molar-refractivity contribution in [2.45, 2.75) is 69.8 Å². The molecule has 0 unspecified atom stereocenters. The van der Waals surface area contributed by atoms with Gasteiger partial charge in [0.1, 0.15) is 5.69 Å². The molecule has 4 heterocycles. The average molecular weight is 698 g/mol. The van der Waals surface area contributed by atoms with Gasteiger partial charge in [0.05, 0.1) is 36.0 Å². The predicted octanol–water partition coefficient (Wildman–Crippen LogP) is 6.82. The van der Waals surface area contributed by atoms with Gasteiger partial charge in [-0.05, 0) is 91.3 Å². The SMILES string of the molecule is O=C(NCc1cccc(-c2ccc([C@@H]3O[C@H](CN4CCC[C@H]4CN4CCCC4)C[C@H](c4ccc(CO)cc4)O3)cc2)c1)c1cnc2ccccc2n1. The first-order chi connectivity index (χ1) is 25.6. The van der Waals surface area contributed by atoms with Crippen molar-refractivity contribution in [2.75, 3.05) is 32.7 Å². The van der Waals surface area contributed by atoms with Gasteiger partial charge in [-0.2, -0.15) is 0 Å². The monoisotopic (exact) mass is 697 g/mol. The molecule has 4 aromatic carbocycles. The van der Waals surface area contributed by atoms with E-state index in [1.165, 1.54) is 45.0 Å². The molecule has 8 rings (SSSR count). The molecule has 1 amide bonds.